The van der Waals surface area contributed by atoms with Crippen LogP contribution in [0.4, 0.5) is 0 Å². The molecule has 0 unspecified atom stereocenters. The van der Waals surface area contributed by atoms with Crippen molar-refractivity contribution in [3.8, 4) is 11.5 Å². The van der Waals surface area contributed by atoms with E-state index in [9.17, 15) is 34.5 Å². The van der Waals surface area contributed by atoms with Crippen molar-refractivity contribution in [3.63, 3.8) is 0 Å². The molecule has 4 N–H and O–H groups in total. The van der Waals surface area contributed by atoms with Crippen LogP contribution in [0.1, 0.15) is 44.2 Å². The molecular weight excluding hydrogens is 530 g/mol. The number of ether oxygens (including phenoxy) is 4. The maximum atomic E-state index is 12.8. The molecule has 40 heavy (non-hydrogen) atoms. The Kier molecular flexibility index (Phi) is 6.79. The molecule has 5 rings (SSSR count). The summed E-state index contributed by atoms with van der Waals surface area (Å²) < 4.78 is 21.2. The second-order valence-electron chi connectivity index (χ2n) is 10.8. The van der Waals surface area contributed by atoms with Gasteiger partial charge >= 0.3 is 23.9 Å². The van der Waals surface area contributed by atoms with Crippen molar-refractivity contribution in [2.75, 3.05) is 13.6 Å². The molecule has 2 heterocycles. The molecule has 1 aromatic rings. The summed E-state index contributed by atoms with van der Waals surface area (Å²) in [5.41, 5.74) is -0.633. The van der Waals surface area contributed by atoms with Gasteiger partial charge < -0.3 is 44.3 Å². The molecule has 0 radical (unpaired) electrons. The minimum Gasteiger partial charge on any atom is -0.504 e. The van der Waals surface area contributed by atoms with Crippen LogP contribution < -0.4 is 4.74 Å². The SMILES string of the molecule is C[C@H](OC(=O)[C@H](C)OC(=O)C[C@H](O)C(=O)OC1=CC[C@@]2(O)[C@@H]3Cc4ccc(O)c5c4[C@@]2(CCN3C)[C@H]1O5)C(=O)O. The summed E-state index contributed by atoms with van der Waals surface area (Å²) in [5, 5.41) is 41.9. The second-order valence-corrected chi connectivity index (χ2v) is 10.8. The molecule has 216 valence electrons. The van der Waals surface area contributed by atoms with Gasteiger partial charge in [-0.3, -0.25) is 4.79 Å². The van der Waals surface area contributed by atoms with Gasteiger partial charge in [0.2, 0.25) is 0 Å². The number of esters is 3. The number of piperidine rings is 1. The number of phenols is 1. The third-order valence-corrected chi connectivity index (χ3v) is 8.48. The smallest absolute Gasteiger partial charge is 0.347 e. The van der Waals surface area contributed by atoms with Crippen molar-refractivity contribution >= 4 is 23.9 Å². The van der Waals surface area contributed by atoms with E-state index < -0.39 is 65.7 Å². The first-order valence-corrected chi connectivity index (χ1v) is 13.0. The average Bonchev–Trinajstić information content (AvgIpc) is 3.25. The molecule has 13 nitrogen and oxygen atoms in total. The van der Waals surface area contributed by atoms with Crippen molar-refractivity contribution in [1.82, 2.24) is 4.90 Å². The molecule has 1 aromatic carbocycles. The predicted octanol–water partition coefficient (Wildman–Crippen LogP) is -0.0879. The Balaban J connectivity index is 1.30. The van der Waals surface area contributed by atoms with Crippen LogP contribution in [0, 0.1) is 0 Å². The van der Waals surface area contributed by atoms with Crippen LogP contribution in [-0.4, -0.2) is 98.9 Å². The van der Waals surface area contributed by atoms with E-state index in [0.717, 1.165) is 19.4 Å². The molecule has 1 saturated heterocycles. The number of nitrogens with zero attached hydrogens (tertiary/aromatic N) is 1. The van der Waals surface area contributed by atoms with Gasteiger partial charge in [-0.15, -0.1) is 0 Å². The van der Waals surface area contributed by atoms with Crippen LogP contribution in [0.25, 0.3) is 0 Å². The number of phenolic OH excluding ortho intramolecular Hbond substituents is 1. The van der Waals surface area contributed by atoms with E-state index in [-0.39, 0.29) is 29.7 Å². The van der Waals surface area contributed by atoms with E-state index in [1.807, 2.05) is 13.1 Å². The molecule has 2 bridgehead atoms. The standard InChI is InChI=1S/C27H31NO12/c1-12(23(32)33)38-24(34)13(2)37-19(31)11-16(30)25(35)39-17-6-7-27(36)18-10-14-4-5-15(29)21-20(14)26(27,22(17)40-21)8-9-28(18)3/h4-6,12-13,16,18,22,29-30,36H,7-11H2,1-3H3,(H,32,33)/t12-,13-,16-,18-,22-,26-,27+/m0/s1. The maximum absolute atomic E-state index is 12.8. The first-order chi connectivity index (χ1) is 18.8. The Labute approximate surface area is 228 Å². The highest BCUT2D eigenvalue weighted by atomic mass is 16.6. The third kappa shape index (κ3) is 4.11. The molecule has 4 aliphatic rings. The Hall–Kier alpha value is -3.68. The van der Waals surface area contributed by atoms with Crippen LogP contribution in [-0.2, 0) is 45.2 Å². The molecule has 7 atom stereocenters. The van der Waals surface area contributed by atoms with E-state index in [4.69, 9.17) is 19.3 Å². The number of hydrogen-bond donors (Lipinski definition) is 4. The Morgan fingerprint density at radius 3 is 2.58 bits per heavy atom. The van der Waals surface area contributed by atoms with Crippen LogP contribution in [0.3, 0.4) is 0 Å². The topological polar surface area (TPSA) is 189 Å². The third-order valence-electron chi connectivity index (χ3n) is 8.48. The zero-order chi connectivity index (χ0) is 29.1. The van der Waals surface area contributed by atoms with Crippen LogP contribution in [0.5, 0.6) is 11.5 Å². The predicted molar refractivity (Wildman–Crippen MR) is 132 cm³/mol. The van der Waals surface area contributed by atoms with Crippen molar-refractivity contribution in [1.29, 1.82) is 0 Å². The molecule has 2 aliphatic carbocycles. The Morgan fingerprint density at radius 1 is 1.15 bits per heavy atom. The lowest BCUT2D eigenvalue weighted by Crippen LogP contribution is -2.74. The molecule has 0 aromatic heterocycles. The Bertz CT molecular complexity index is 1310. The number of carbonyl (C=O) groups excluding carboxylic acids is 3. The highest BCUT2D eigenvalue weighted by Crippen LogP contribution is 2.65. The molecular formula is C27H31NO12. The zero-order valence-corrected chi connectivity index (χ0v) is 22.2. The molecule has 13 heteroatoms. The average molecular weight is 562 g/mol. The normalized spacial score (nSPS) is 30.1. The highest BCUT2D eigenvalue weighted by Gasteiger charge is 2.72. The number of aromatic hydroxyl groups is 1. The molecule has 0 saturated carbocycles. The number of likely N-dealkylation sites (N-methyl/N-ethyl adjacent to an activating group) is 1. The summed E-state index contributed by atoms with van der Waals surface area (Å²) in [7, 11) is 1.94. The fourth-order valence-electron chi connectivity index (χ4n) is 6.48. The van der Waals surface area contributed by atoms with E-state index in [2.05, 4.69) is 9.64 Å². The zero-order valence-electron chi connectivity index (χ0n) is 22.2. The van der Waals surface area contributed by atoms with Gasteiger partial charge in [0.1, 0.15) is 5.76 Å². The van der Waals surface area contributed by atoms with Crippen molar-refractivity contribution < 1.29 is 58.6 Å². The van der Waals surface area contributed by atoms with Crippen molar-refractivity contribution in [2.45, 2.75) is 81.0 Å². The van der Waals surface area contributed by atoms with Gasteiger partial charge in [0.25, 0.3) is 0 Å². The molecule has 0 amide bonds. The number of likely N-dealkylation sites (tertiary alicyclic amines) is 1. The number of aliphatic hydroxyl groups is 2. The summed E-state index contributed by atoms with van der Waals surface area (Å²) in [5.74, 6) is -4.60. The van der Waals surface area contributed by atoms with Crippen LogP contribution in [0.2, 0.25) is 0 Å². The van der Waals surface area contributed by atoms with Gasteiger partial charge in [0.15, 0.2) is 35.9 Å². The second kappa shape index (κ2) is 9.75. The number of rotatable bonds is 8. The fraction of sp³-hybridized carbons (Fsp3) is 0.556. The van der Waals surface area contributed by atoms with Crippen LogP contribution >= 0.6 is 0 Å². The summed E-state index contributed by atoms with van der Waals surface area (Å²) in [4.78, 5) is 49.9. The number of hydrogen-bond acceptors (Lipinski definition) is 12. The van der Waals surface area contributed by atoms with Gasteiger partial charge in [-0.1, -0.05) is 6.07 Å². The van der Waals surface area contributed by atoms with Crippen molar-refractivity contribution in [3.05, 3.63) is 35.1 Å². The summed E-state index contributed by atoms with van der Waals surface area (Å²) in [6.45, 7) is 2.91. The quantitative estimate of drug-likeness (QED) is 0.244. The van der Waals surface area contributed by atoms with Crippen molar-refractivity contribution in [2.24, 2.45) is 0 Å². The molecule has 1 fully saturated rings. The van der Waals surface area contributed by atoms with E-state index in [1.165, 1.54) is 12.1 Å². The summed E-state index contributed by atoms with van der Waals surface area (Å²) in [6, 6.07) is 3.11. The number of benzene rings is 1. The number of carboxylic acids is 1. The van der Waals surface area contributed by atoms with Crippen LogP contribution in [0.15, 0.2) is 24.0 Å². The molecule has 1 spiro atoms. The first-order valence-electron chi connectivity index (χ1n) is 13.0. The minimum absolute atomic E-state index is 0.0495. The monoisotopic (exact) mass is 561 g/mol. The fourth-order valence-corrected chi connectivity index (χ4v) is 6.48. The van der Waals surface area contributed by atoms with Gasteiger partial charge in [-0.25, -0.2) is 14.4 Å². The lowest BCUT2D eigenvalue weighted by molar-refractivity contribution is -0.177. The number of carbonyl (C=O) groups is 4. The van der Waals surface area contributed by atoms with Gasteiger partial charge in [-0.05, 0) is 58.0 Å². The number of aliphatic carboxylic acids is 1. The Morgan fingerprint density at radius 2 is 1.88 bits per heavy atom. The minimum atomic E-state index is -1.96. The molecule has 2 aliphatic heterocycles. The van der Waals surface area contributed by atoms with E-state index in [0.29, 0.717) is 24.9 Å². The lowest BCUT2D eigenvalue weighted by atomic mass is 9.50. The van der Waals surface area contributed by atoms with Gasteiger partial charge in [-0.2, -0.15) is 0 Å². The largest absolute Gasteiger partial charge is 0.504 e. The summed E-state index contributed by atoms with van der Waals surface area (Å²) >= 11 is 0. The van der Waals surface area contributed by atoms with E-state index >= 15 is 0 Å². The first kappa shape index (κ1) is 27.9. The number of aliphatic hydroxyl groups excluding tert-OH is 1. The van der Waals surface area contributed by atoms with Gasteiger partial charge in [0.05, 0.1) is 17.4 Å². The highest BCUT2D eigenvalue weighted by molar-refractivity contribution is 5.85. The summed E-state index contributed by atoms with van der Waals surface area (Å²) in [6.07, 6.45) is -4.03. The maximum Gasteiger partial charge on any atom is 0.347 e. The lowest BCUT2D eigenvalue weighted by Gasteiger charge is -2.61. The van der Waals surface area contributed by atoms with E-state index in [1.54, 1.807) is 0 Å². The number of carboxylic acid groups (broad SMARTS) is 1. The van der Waals surface area contributed by atoms with Gasteiger partial charge in [0, 0.05) is 18.0 Å².